The molecule has 1 atom stereocenters. The predicted molar refractivity (Wildman–Crippen MR) is 70.9 cm³/mol. The molecule has 0 radical (unpaired) electrons. The number of hydrogen-bond acceptors (Lipinski definition) is 2. The molecule has 1 unspecified atom stereocenters. The van der Waals surface area contributed by atoms with Crippen LogP contribution in [0.3, 0.4) is 0 Å². The number of amides is 1. The van der Waals surface area contributed by atoms with E-state index in [-0.39, 0.29) is 6.04 Å². The minimum Gasteiger partial charge on any atom is -0.465 e. The topological polar surface area (TPSA) is 75.3 Å². The first kappa shape index (κ1) is 11.8. The highest BCUT2D eigenvalue weighted by atomic mass is 127. The average Bonchev–Trinajstić information content (AvgIpc) is 2.56. The molecule has 0 spiro atoms. The number of fused-ring (bicyclic) bond motifs is 1. The minimum atomic E-state index is -0.994. The lowest BCUT2D eigenvalue weighted by Crippen LogP contribution is -2.33. The summed E-state index contributed by atoms with van der Waals surface area (Å²) in [5, 5.41) is 11.7. The van der Waals surface area contributed by atoms with Gasteiger partial charge in [-0.25, -0.2) is 4.79 Å². The Labute approximate surface area is 111 Å². The Bertz CT molecular complexity index is 465. The fraction of sp³-hybridized carbons (Fsp3) is 0.300. The van der Waals surface area contributed by atoms with Crippen LogP contribution in [0.2, 0.25) is 5.02 Å². The summed E-state index contributed by atoms with van der Waals surface area (Å²) in [7, 11) is 0. The van der Waals surface area contributed by atoms with Gasteiger partial charge in [-0.15, -0.1) is 0 Å². The molecule has 2 rings (SSSR count). The molecule has 1 aliphatic rings. The van der Waals surface area contributed by atoms with E-state index in [0.29, 0.717) is 23.6 Å². The lowest BCUT2D eigenvalue weighted by molar-refractivity contribution is 0.190. The molecule has 6 heteroatoms. The Hall–Kier alpha value is -0.690. The van der Waals surface area contributed by atoms with Gasteiger partial charge in [0, 0.05) is 9.61 Å². The highest BCUT2D eigenvalue weighted by molar-refractivity contribution is 14.1. The fourth-order valence-electron chi connectivity index (χ4n) is 1.99. The van der Waals surface area contributed by atoms with Crippen molar-refractivity contribution in [3.63, 3.8) is 0 Å². The van der Waals surface area contributed by atoms with Crippen molar-refractivity contribution >= 4 is 46.0 Å². The number of hydrogen-bond donors (Lipinski definition) is 3. The van der Waals surface area contributed by atoms with Gasteiger partial charge in [-0.2, -0.15) is 0 Å². The summed E-state index contributed by atoms with van der Waals surface area (Å²) < 4.78 is 0.940. The Balaban J connectivity index is 2.31. The van der Waals surface area contributed by atoms with Crippen LogP contribution in [0.1, 0.15) is 11.1 Å². The van der Waals surface area contributed by atoms with Crippen molar-refractivity contribution in [2.24, 2.45) is 0 Å². The molecule has 4 N–H and O–H groups in total. The Morgan fingerprint density at radius 2 is 2.31 bits per heavy atom. The van der Waals surface area contributed by atoms with E-state index in [9.17, 15) is 4.79 Å². The highest BCUT2D eigenvalue weighted by Gasteiger charge is 2.26. The van der Waals surface area contributed by atoms with Gasteiger partial charge >= 0.3 is 6.09 Å². The second kappa shape index (κ2) is 4.29. The first-order valence-electron chi connectivity index (χ1n) is 4.73. The third-order valence-corrected chi connectivity index (χ3v) is 4.24. The summed E-state index contributed by atoms with van der Waals surface area (Å²) in [6, 6.07) is 1.76. The van der Waals surface area contributed by atoms with Gasteiger partial charge < -0.3 is 16.2 Å². The van der Waals surface area contributed by atoms with Crippen molar-refractivity contribution in [3.05, 3.63) is 25.8 Å². The maximum Gasteiger partial charge on any atom is 0.404 e. The number of carboxylic acid groups (broad SMARTS) is 1. The molecular weight excluding hydrogens is 342 g/mol. The number of carbonyl (C=O) groups is 1. The number of nitrogen functional groups attached to an aromatic ring is 1. The van der Waals surface area contributed by atoms with Crippen LogP contribution in [-0.2, 0) is 12.8 Å². The zero-order valence-electron chi connectivity index (χ0n) is 8.26. The van der Waals surface area contributed by atoms with Crippen molar-refractivity contribution in [3.8, 4) is 0 Å². The van der Waals surface area contributed by atoms with Crippen LogP contribution in [0.4, 0.5) is 10.5 Å². The van der Waals surface area contributed by atoms with Gasteiger partial charge in [0.2, 0.25) is 0 Å². The molecule has 0 fully saturated rings. The van der Waals surface area contributed by atoms with Crippen molar-refractivity contribution in [1.29, 1.82) is 0 Å². The van der Waals surface area contributed by atoms with Crippen LogP contribution < -0.4 is 11.1 Å². The van der Waals surface area contributed by atoms with E-state index in [4.69, 9.17) is 22.4 Å². The first-order chi connectivity index (χ1) is 7.49. The van der Waals surface area contributed by atoms with Crippen LogP contribution in [0.25, 0.3) is 0 Å². The number of rotatable bonds is 1. The lowest BCUT2D eigenvalue weighted by atomic mass is 10.1. The molecule has 0 heterocycles. The quantitative estimate of drug-likeness (QED) is 0.536. The Morgan fingerprint density at radius 3 is 2.94 bits per heavy atom. The maximum absolute atomic E-state index is 10.6. The van der Waals surface area contributed by atoms with E-state index in [0.717, 1.165) is 14.7 Å². The Kier molecular flexibility index (Phi) is 3.16. The maximum atomic E-state index is 10.6. The van der Waals surface area contributed by atoms with Gasteiger partial charge in [0.25, 0.3) is 0 Å². The van der Waals surface area contributed by atoms with Crippen molar-refractivity contribution in [2.75, 3.05) is 5.73 Å². The van der Waals surface area contributed by atoms with Crippen LogP contribution >= 0.6 is 34.2 Å². The summed E-state index contributed by atoms with van der Waals surface area (Å²) in [6.07, 6.45) is 0.366. The second-order valence-corrected chi connectivity index (χ2v) is 5.26. The third kappa shape index (κ3) is 2.06. The first-order valence-corrected chi connectivity index (χ1v) is 6.19. The van der Waals surface area contributed by atoms with Gasteiger partial charge in [0.05, 0.1) is 10.7 Å². The standard InChI is InChI=1S/C10H10ClIN2O2/c11-7-2-4-1-5(14-10(15)16)3-6(4)8(12)9(7)13/h2,5,14H,1,3,13H2,(H,15,16). The normalized spacial score (nSPS) is 18.2. The summed E-state index contributed by atoms with van der Waals surface area (Å²) in [4.78, 5) is 10.6. The molecule has 0 saturated carbocycles. The molecule has 1 aliphatic carbocycles. The largest absolute Gasteiger partial charge is 0.465 e. The van der Waals surface area contributed by atoms with E-state index >= 15 is 0 Å². The molecule has 1 amide bonds. The molecule has 0 saturated heterocycles. The van der Waals surface area contributed by atoms with E-state index in [1.807, 2.05) is 6.07 Å². The number of benzene rings is 1. The lowest BCUT2D eigenvalue weighted by Gasteiger charge is -2.08. The molecule has 4 nitrogen and oxygen atoms in total. The number of nitrogens with one attached hydrogen (secondary N) is 1. The van der Waals surface area contributed by atoms with Crippen molar-refractivity contribution in [2.45, 2.75) is 18.9 Å². The molecule has 0 aromatic heterocycles. The van der Waals surface area contributed by atoms with Gasteiger partial charge in [-0.3, -0.25) is 0 Å². The molecule has 0 bridgehead atoms. The summed E-state index contributed by atoms with van der Waals surface area (Å²) in [5.74, 6) is 0. The third-order valence-electron chi connectivity index (χ3n) is 2.69. The van der Waals surface area contributed by atoms with Gasteiger partial charge in [-0.1, -0.05) is 11.6 Å². The average molecular weight is 353 g/mol. The zero-order valence-corrected chi connectivity index (χ0v) is 11.2. The second-order valence-electron chi connectivity index (χ2n) is 3.78. The molecule has 0 aliphatic heterocycles. The van der Waals surface area contributed by atoms with Crippen molar-refractivity contribution in [1.82, 2.24) is 5.32 Å². The zero-order chi connectivity index (χ0) is 11.9. The number of nitrogens with two attached hydrogens (primary N) is 1. The fourth-order valence-corrected chi connectivity index (χ4v) is 3.23. The Morgan fingerprint density at radius 1 is 1.62 bits per heavy atom. The SMILES string of the molecule is Nc1c(Cl)cc2c(c1I)CC(NC(=O)O)C2. The molecular formula is C10H10ClIN2O2. The summed E-state index contributed by atoms with van der Waals surface area (Å²) in [5.41, 5.74) is 8.60. The van der Waals surface area contributed by atoms with Crippen LogP contribution in [0.15, 0.2) is 6.07 Å². The monoisotopic (exact) mass is 352 g/mol. The predicted octanol–water partition coefficient (Wildman–Crippen LogP) is 2.26. The van der Waals surface area contributed by atoms with Crippen LogP contribution in [0, 0.1) is 3.57 Å². The smallest absolute Gasteiger partial charge is 0.404 e. The van der Waals surface area contributed by atoms with Gasteiger partial charge in [0.15, 0.2) is 0 Å². The highest BCUT2D eigenvalue weighted by Crippen LogP contribution is 2.35. The van der Waals surface area contributed by atoms with Gasteiger partial charge in [0.1, 0.15) is 0 Å². The minimum absolute atomic E-state index is 0.0705. The summed E-state index contributed by atoms with van der Waals surface area (Å²) >= 11 is 8.14. The van der Waals surface area contributed by atoms with E-state index in [1.54, 1.807) is 0 Å². The van der Waals surface area contributed by atoms with Gasteiger partial charge in [-0.05, 0) is 52.6 Å². The molecule has 86 valence electrons. The van der Waals surface area contributed by atoms with E-state index in [2.05, 4.69) is 27.9 Å². The van der Waals surface area contributed by atoms with Crippen molar-refractivity contribution < 1.29 is 9.90 Å². The van der Waals surface area contributed by atoms with Crippen LogP contribution in [0.5, 0.6) is 0 Å². The van der Waals surface area contributed by atoms with Crippen LogP contribution in [-0.4, -0.2) is 17.2 Å². The molecule has 1 aromatic rings. The van der Waals surface area contributed by atoms with E-state index < -0.39 is 6.09 Å². The molecule has 1 aromatic carbocycles. The molecule has 16 heavy (non-hydrogen) atoms. The number of halogens is 2. The van der Waals surface area contributed by atoms with E-state index in [1.165, 1.54) is 0 Å². The summed E-state index contributed by atoms with van der Waals surface area (Å²) in [6.45, 7) is 0. The number of anilines is 1.